The number of nitrogens with zero attached hydrogens (tertiary/aromatic N) is 3. The summed E-state index contributed by atoms with van der Waals surface area (Å²) < 4.78 is 11.9. The quantitative estimate of drug-likeness (QED) is 0.804. The van der Waals surface area contributed by atoms with Gasteiger partial charge in [0.2, 0.25) is 5.91 Å². The Kier molecular flexibility index (Phi) is 5.71. The number of amides is 2. The van der Waals surface area contributed by atoms with Crippen molar-refractivity contribution in [1.82, 2.24) is 14.8 Å². The van der Waals surface area contributed by atoms with E-state index in [0.717, 1.165) is 25.7 Å². The van der Waals surface area contributed by atoms with Gasteiger partial charge in [0, 0.05) is 45.6 Å². The lowest BCUT2D eigenvalue weighted by atomic mass is 9.83. The highest BCUT2D eigenvalue weighted by molar-refractivity contribution is 7.07. The zero-order chi connectivity index (χ0) is 17.9. The minimum atomic E-state index is -0.233. The first-order valence-electron chi connectivity index (χ1n) is 8.62. The van der Waals surface area contributed by atoms with Crippen LogP contribution in [0.4, 0.5) is 0 Å². The Morgan fingerprint density at radius 1 is 1.44 bits per heavy atom. The molecule has 0 N–H and O–H groups in total. The van der Waals surface area contributed by atoms with Crippen molar-refractivity contribution < 1.29 is 19.1 Å². The van der Waals surface area contributed by atoms with E-state index in [2.05, 4.69) is 4.98 Å². The van der Waals surface area contributed by atoms with Gasteiger partial charge in [-0.1, -0.05) is 0 Å². The van der Waals surface area contributed by atoms with E-state index in [9.17, 15) is 9.59 Å². The number of carbonyl (C=O) groups excluding carboxylic acids is 2. The summed E-state index contributed by atoms with van der Waals surface area (Å²) in [5.74, 6) is -0.0273. The first kappa shape index (κ1) is 18.3. The molecule has 25 heavy (non-hydrogen) atoms. The second kappa shape index (κ2) is 7.80. The molecule has 2 aliphatic heterocycles. The van der Waals surface area contributed by atoms with Crippen LogP contribution in [0.15, 0.2) is 10.9 Å². The lowest BCUT2D eigenvalue weighted by Crippen LogP contribution is -2.52. The van der Waals surface area contributed by atoms with Gasteiger partial charge in [-0.3, -0.25) is 9.59 Å². The summed E-state index contributed by atoms with van der Waals surface area (Å²) >= 11 is 1.43. The molecule has 8 heteroatoms. The first-order valence-corrected chi connectivity index (χ1v) is 9.56. The van der Waals surface area contributed by atoms with Crippen molar-refractivity contribution >= 4 is 23.2 Å². The van der Waals surface area contributed by atoms with Crippen LogP contribution < -0.4 is 0 Å². The molecule has 0 bridgehead atoms. The summed E-state index contributed by atoms with van der Waals surface area (Å²) in [5, 5.41) is 1.79. The zero-order valence-electron chi connectivity index (χ0n) is 14.8. The van der Waals surface area contributed by atoms with Crippen LogP contribution >= 0.6 is 11.3 Å². The molecule has 3 rings (SSSR count). The van der Waals surface area contributed by atoms with Gasteiger partial charge in [0.05, 0.1) is 17.2 Å². The van der Waals surface area contributed by atoms with Gasteiger partial charge in [-0.05, 0) is 19.3 Å². The van der Waals surface area contributed by atoms with Gasteiger partial charge in [-0.25, -0.2) is 4.98 Å². The van der Waals surface area contributed by atoms with Crippen molar-refractivity contribution in [3.05, 3.63) is 16.6 Å². The number of aromatic nitrogens is 1. The number of carbonyl (C=O) groups is 2. The predicted molar refractivity (Wildman–Crippen MR) is 93.6 cm³/mol. The Morgan fingerprint density at radius 2 is 2.20 bits per heavy atom. The van der Waals surface area contributed by atoms with E-state index in [1.54, 1.807) is 25.0 Å². The molecular weight excluding hydrogens is 342 g/mol. The van der Waals surface area contributed by atoms with Gasteiger partial charge in [0.25, 0.3) is 5.91 Å². The third-order valence-corrected chi connectivity index (χ3v) is 5.59. The molecule has 0 saturated carbocycles. The molecule has 1 aromatic rings. The van der Waals surface area contributed by atoms with E-state index < -0.39 is 0 Å². The summed E-state index contributed by atoms with van der Waals surface area (Å²) in [6.45, 7) is 2.09. The smallest absolute Gasteiger partial charge is 0.273 e. The minimum absolute atomic E-state index is 0.00344. The number of rotatable bonds is 4. The largest absolute Gasteiger partial charge is 0.375 e. The predicted octanol–water partition coefficient (Wildman–Crippen LogP) is 1.40. The molecule has 2 fully saturated rings. The number of hydrogen-bond donors (Lipinski definition) is 0. The van der Waals surface area contributed by atoms with Crippen LogP contribution in [0.1, 0.15) is 36.2 Å². The molecule has 1 spiro atoms. The maximum Gasteiger partial charge on any atom is 0.273 e. The molecular formula is C17H25N3O4S. The Hall–Kier alpha value is -1.51. The van der Waals surface area contributed by atoms with Crippen molar-refractivity contribution in [2.24, 2.45) is 0 Å². The number of hydrogen-bond acceptors (Lipinski definition) is 6. The van der Waals surface area contributed by atoms with Gasteiger partial charge < -0.3 is 19.3 Å². The SMILES string of the molecule is CN(C)C(=O)COC1CCOC2(CCN(C(=O)c3cscn3)CC2)C1. The molecule has 1 aromatic heterocycles. The minimum Gasteiger partial charge on any atom is -0.375 e. The molecule has 0 radical (unpaired) electrons. The van der Waals surface area contributed by atoms with Crippen LogP contribution in [0, 0.1) is 0 Å². The molecule has 1 atom stereocenters. The lowest BCUT2D eigenvalue weighted by Gasteiger charge is -2.45. The standard InChI is InChI=1S/C17H25N3O4S/c1-19(2)15(21)10-23-13-3-8-24-17(9-13)4-6-20(7-5-17)16(22)14-11-25-12-18-14/h11-13H,3-10H2,1-2H3. The van der Waals surface area contributed by atoms with E-state index >= 15 is 0 Å². The van der Waals surface area contributed by atoms with Crippen molar-refractivity contribution in [2.45, 2.75) is 37.4 Å². The van der Waals surface area contributed by atoms with E-state index in [1.807, 2.05) is 4.90 Å². The maximum atomic E-state index is 12.4. The van der Waals surface area contributed by atoms with E-state index in [-0.39, 0.29) is 30.1 Å². The molecule has 0 aromatic carbocycles. The van der Waals surface area contributed by atoms with Gasteiger partial charge >= 0.3 is 0 Å². The van der Waals surface area contributed by atoms with Gasteiger partial charge in [-0.15, -0.1) is 11.3 Å². The van der Waals surface area contributed by atoms with Gasteiger partial charge in [-0.2, -0.15) is 0 Å². The topological polar surface area (TPSA) is 72.0 Å². The monoisotopic (exact) mass is 367 g/mol. The fourth-order valence-electron chi connectivity index (χ4n) is 3.39. The Bertz CT molecular complexity index is 597. The van der Waals surface area contributed by atoms with Gasteiger partial charge in [0.1, 0.15) is 12.3 Å². The van der Waals surface area contributed by atoms with Crippen LogP contribution in [0.5, 0.6) is 0 Å². The highest BCUT2D eigenvalue weighted by atomic mass is 32.1. The fraction of sp³-hybridized carbons (Fsp3) is 0.706. The van der Waals surface area contributed by atoms with Gasteiger partial charge in [0.15, 0.2) is 0 Å². The highest BCUT2D eigenvalue weighted by Crippen LogP contribution is 2.36. The summed E-state index contributed by atoms with van der Waals surface area (Å²) in [5.41, 5.74) is 1.97. The van der Waals surface area contributed by atoms with E-state index in [0.29, 0.717) is 25.4 Å². The Labute approximate surface area is 151 Å². The molecule has 3 heterocycles. The van der Waals surface area contributed by atoms with Crippen LogP contribution in [-0.2, 0) is 14.3 Å². The van der Waals surface area contributed by atoms with E-state index in [1.165, 1.54) is 16.2 Å². The summed E-state index contributed by atoms with van der Waals surface area (Å²) in [6, 6.07) is 0. The van der Waals surface area contributed by atoms with Crippen LogP contribution in [-0.4, -0.2) is 78.7 Å². The molecule has 0 aliphatic carbocycles. The van der Waals surface area contributed by atoms with Crippen LogP contribution in [0.25, 0.3) is 0 Å². The van der Waals surface area contributed by atoms with Crippen molar-refractivity contribution in [1.29, 1.82) is 0 Å². The number of ether oxygens (including phenoxy) is 2. The number of likely N-dealkylation sites (tertiary alicyclic amines) is 1. The molecule has 1 unspecified atom stereocenters. The second-order valence-corrected chi connectivity index (χ2v) is 7.63. The molecule has 2 saturated heterocycles. The molecule has 2 amide bonds. The number of likely N-dealkylation sites (N-methyl/N-ethyl adjacent to an activating group) is 1. The summed E-state index contributed by atoms with van der Waals surface area (Å²) in [6.07, 6.45) is 3.23. The maximum absolute atomic E-state index is 12.4. The van der Waals surface area contributed by atoms with Crippen LogP contribution in [0.2, 0.25) is 0 Å². The number of thiazole rings is 1. The average Bonchev–Trinajstić information content (AvgIpc) is 3.14. The van der Waals surface area contributed by atoms with Crippen molar-refractivity contribution in [3.8, 4) is 0 Å². The van der Waals surface area contributed by atoms with E-state index in [4.69, 9.17) is 9.47 Å². The van der Waals surface area contributed by atoms with Crippen molar-refractivity contribution in [3.63, 3.8) is 0 Å². The zero-order valence-corrected chi connectivity index (χ0v) is 15.6. The first-order chi connectivity index (χ1) is 12.0. The number of piperidine rings is 1. The average molecular weight is 367 g/mol. The Balaban J connectivity index is 1.51. The summed E-state index contributed by atoms with van der Waals surface area (Å²) in [4.78, 5) is 31.6. The highest BCUT2D eigenvalue weighted by Gasteiger charge is 2.41. The normalized spacial score (nSPS) is 22.8. The third-order valence-electron chi connectivity index (χ3n) is 5.00. The second-order valence-electron chi connectivity index (χ2n) is 6.91. The molecule has 2 aliphatic rings. The molecule has 138 valence electrons. The Morgan fingerprint density at radius 3 is 2.84 bits per heavy atom. The summed E-state index contributed by atoms with van der Waals surface area (Å²) in [7, 11) is 3.46. The molecule has 7 nitrogen and oxygen atoms in total. The van der Waals surface area contributed by atoms with Crippen molar-refractivity contribution in [2.75, 3.05) is 40.4 Å². The van der Waals surface area contributed by atoms with Crippen LogP contribution in [0.3, 0.4) is 0 Å². The lowest BCUT2D eigenvalue weighted by molar-refractivity contribution is -0.160. The fourth-order valence-corrected chi connectivity index (χ4v) is 3.92. The third kappa shape index (κ3) is 4.37.